The number of nitrogens with zero attached hydrogens (tertiary/aromatic N) is 1. The van der Waals surface area contributed by atoms with E-state index >= 15 is 0 Å². The van der Waals surface area contributed by atoms with Crippen molar-refractivity contribution >= 4 is 5.97 Å². The van der Waals surface area contributed by atoms with Crippen LogP contribution in [0.1, 0.15) is 62.1 Å². The average Bonchev–Trinajstić information content (AvgIpc) is 2.76. The molecule has 0 radical (unpaired) electrons. The number of hydrogen-bond acceptors (Lipinski definition) is 4. The van der Waals surface area contributed by atoms with Crippen molar-refractivity contribution in [1.29, 1.82) is 0 Å². The van der Waals surface area contributed by atoms with Crippen molar-refractivity contribution in [2.45, 2.75) is 69.5 Å². The lowest BCUT2D eigenvalue weighted by atomic mass is 9.53. The SMILES string of the molecule is CC(=O)OC12CCCCC1(CCN(C)C)c1cc(OCc3ccccc3)ccc1CC2. The summed E-state index contributed by atoms with van der Waals surface area (Å²) in [6.07, 6.45) is 7.16. The molecule has 166 valence electrons. The Bertz CT molecular complexity index is 910. The van der Waals surface area contributed by atoms with Gasteiger partial charge in [-0.1, -0.05) is 42.8 Å². The maximum absolute atomic E-state index is 12.2. The van der Waals surface area contributed by atoms with Crippen molar-refractivity contribution in [3.05, 3.63) is 65.2 Å². The van der Waals surface area contributed by atoms with Crippen LogP contribution in [0.5, 0.6) is 5.75 Å². The lowest BCUT2D eigenvalue weighted by Gasteiger charge is -2.56. The fraction of sp³-hybridized carbons (Fsp3) is 0.519. The molecule has 2 unspecified atom stereocenters. The van der Waals surface area contributed by atoms with Crippen molar-refractivity contribution in [1.82, 2.24) is 4.90 Å². The van der Waals surface area contributed by atoms with E-state index in [0.29, 0.717) is 6.61 Å². The number of fused-ring (bicyclic) bond motifs is 3. The molecule has 0 aliphatic heterocycles. The summed E-state index contributed by atoms with van der Waals surface area (Å²) < 4.78 is 12.5. The molecule has 2 atom stereocenters. The molecule has 0 bridgehead atoms. The van der Waals surface area contributed by atoms with Crippen LogP contribution < -0.4 is 4.74 Å². The highest BCUT2D eigenvalue weighted by atomic mass is 16.6. The minimum absolute atomic E-state index is 0.152. The quantitative estimate of drug-likeness (QED) is 0.571. The topological polar surface area (TPSA) is 38.8 Å². The molecule has 4 heteroatoms. The summed E-state index contributed by atoms with van der Waals surface area (Å²) >= 11 is 0. The van der Waals surface area contributed by atoms with Crippen molar-refractivity contribution in [2.75, 3.05) is 20.6 Å². The minimum Gasteiger partial charge on any atom is -0.489 e. The van der Waals surface area contributed by atoms with Crippen LogP contribution in [0.15, 0.2) is 48.5 Å². The van der Waals surface area contributed by atoms with E-state index in [2.05, 4.69) is 49.3 Å². The highest BCUT2D eigenvalue weighted by Gasteiger charge is 2.58. The maximum atomic E-state index is 12.2. The molecule has 0 heterocycles. The van der Waals surface area contributed by atoms with Gasteiger partial charge in [-0.15, -0.1) is 0 Å². The summed E-state index contributed by atoms with van der Waals surface area (Å²) in [5, 5.41) is 0. The van der Waals surface area contributed by atoms with E-state index in [4.69, 9.17) is 9.47 Å². The van der Waals surface area contributed by atoms with Crippen LogP contribution in [0.2, 0.25) is 0 Å². The Kier molecular flexibility index (Phi) is 6.38. The normalized spacial score (nSPS) is 24.9. The van der Waals surface area contributed by atoms with Gasteiger partial charge < -0.3 is 14.4 Å². The summed E-state index contributed by atoms with van der Waals surface area (Å²) in [4.78, 5) is 14.5. The van der Waals surface area contributed by atoms with Gasteiger partial charge in [0, 0.05) is 12.3 Å². The van der Waals surface area contributed by atoms with Gasteiger partial charge >= 0.3 is 5.97 Å². The van der Waals surface area contributed by atoms with Gasteiger partial charge in [0.1, 0.15) is 18.0 Å². The zero-order chi connectivity index (χ0) is 21.9. The van der Waals surface area contributed by atoms with Crippen LogP contribution in [0.3, 0.4) is 0 Å². The summed E-state index contributed by atoms with van der Waals surface area (Å²) in [7, 11) is 4.24. The number of esters is 1. The lowest BCUT2D eigenvalue weighted by Crippen LogP contribution is -2.59. The Morgan fingerprint density at radius 3 is 2.55 bits per heavy atom. The molecule has 2 aromatic carbocycles. The molecule has 0 N–H and O–H groups in total. The monoisotopic (exact) mass is 421 g/mol. The van der Waals surface area contributed by atoms with Crippen molar-refractivity contribution in [3.8, 4) is 5.75 Å². The molecule has 1 fully saturated rings. The lowest BCUT2D eigenvalue weighted by molar-refractivity contribution is -0.177. The highest BCUT2D eigenvalue weighted by Crippen LogP contribution is 2.57. The van der Waals surface area contributed by atoms with Gasteiger partial charge in [0.25, 0.3) is 0 Å². The third kappa shape index (κ3) is 4.36. The van der Waals surface area contributed by atoms with Crippen LogP contribution in [0.25, 0.3) is 0 Å². The maximum Gasteiger partial charge on any atom is 0.303 e. The molecule has 0 aromatic heterocycles. The molecule has 2 aliphatic carbocycles. The van der Waals surface area contributed by atoms with Crippen LogP contribution in [0.4, 0.5) is 0 Å². The van der Waals surface area contributed by atoms with Gasteiger partial charge in [0.2, 0.25) is 0 Å². The van der Waals surface area contributed by atoms with Gasteiger partial charge in [-0.05, 0) is 88.0 Å². The van der Waals surface area contributed by atoms with Crippen LogP contribution in [-0.4, -0.2) is 37.1 Å². The molecule has 1 saturated carbocycles. The van der Waals surface area contributed by atoms with Crippen molar-refractivity contribution in [2.24, 2.45) is 0 Å². The number of carbonyl (C=O) groups is 1. The summed E-state index contributed by atoms with van der Waals surface area (Å²) in [5.74, 6) is 0.743. The van der Waals surface area contributed by atoms with Crippen molar-refractivity contribution < 1.29 is 14.3 Å². The Morgan fingerprint density at radius 1 is 1.03 bits per heavy atom. The van der Waals surface area contributed by atoms with E-state index < -0.39 is 5.60 Å². The Labute approximate surface area is 186 Å². The third-order valence-corrected chi connectivity index (χ3v) is 7.27. The molecular weight excluding hydrogens is 386 g/mol. The van der Waals surface area contributed by atoms with Gasteiger partial charge in [-0.2, -0.15) is 0 Å². The highest BCUT2D eigenvalue weighted by molar-refractivity contribution is 5.67. The van der Waals surface area contributed by atoms with Crippen LogP contribution >= 0.6 is 0 Å². The van der Waals surface area contributed by atoms with Crippen molar-refractivity contribution in [3.63, 3.8) is 0 Å². The third-order valence-electron chi connectivity index (χ3n) is 7.27. The number of aryl methyl sites for hydroxylation is 1. The fourth-order valence-corrected chi connectivity index (χ4v) is 5.81. The molecule has 0 saturated heterocycles. The predicted octanol–water partition coefficient (Wildman–Crippen LogP) is 5.28. The molecule has 31 heavy (non-hydrogen) atoms. The van der Waals surface area contributed by atoms with Gasteiger partial charge in [-0.3, -0.25) is 4.79 Å². The summed E-state index contributed by atoms with van der Waals surface area (Å²) in [6.45, 7) is 3.09. The zero-order valence-electron chi connectivity index (χ0n) is 19.2. The molecule has 0 amide bonds. The summed E-state index contributed by atoms with van der Waals surface area (Å²) in [6, 6.07) is 16.9. The second-order valence-electron chi connectivity index (χ2n) is 9.52. The van der Waals surface area contributed by atoms with E-state index in [1.807, 2.05) is 18.2 Å². The van der Waals surface area contributed by atoms with E-state index in [1.54, 1.807) is 6.92 Å². The van der Waals surface area contributed by atoms with E-state index in [1.165, 1.54) is 17.5 Å². The molecule has 4 rings (SSSR count). The van der Waals surface area contributed by atoms with Gasteiger partial charge in [-0.25, -0.2) is 0 Å². The summed E-state index contributed by atoms with van der Waals surface area (Å²) in [5.41, 5.74) is 3.33. The molecule has 4 nitrogen and oxygen atoms in total. The standard InChI is InChI=1S/C27H35NO3/c1-21(29)31-27-15-8-7-14-26(27,17-18-28(2)3)25-19-24(12-11-23(25)13-16-27)30-20-22-9-5-4-6-10-22/h4-6,9-12,19H,7-8,13-18,20H2,1-3H3. The van der Waals surface area contributed by atoms with Gasteiger partial charge in [0.05, 0.1) is 0 Å². The Balaban J connectivity index is 1.72. The first-order valence-electron chi connectivity index (χ1n) is 11.6. The van der Waals surface area contributed by atoms with Gasteiger partial charge in [0.15, 0.2) is 0 Å². The first-order chi connectivity index (χ1) is 14.9. The number of hydrogen-bond donors (Lipinski definition) is 0. The zero-order valence-corrected chi connectivity index (χ0v) is 19.2. The number of rotatable bonds is 7. The fourth-order valence-electron chi connectivity index (χ4n) is 5.81. The van der Waals surface area contributed by atoms with Crippen LogP contribution in [-0.2, 0) is 28.0 Å². The second kappa shape index (κ2) is 9.04. The largest absolute Gasteiger partial charge is 0.489 e. The second-order valence-corrected chi connectivity index (χ2v) is 9.52. The number of ether oxygens (including phenoxy) is 2. The first kappa shape index (κ1) is 21.9. The Morgan fingerprint density at radius 2 is 1.81 bits per heavy atom. The number of benzene rings is 2. The first-order valence-corrected chi connectivity index (χ1v) is 11.6. The van der Waals surface area contributed by atoms with E-state index in [0.717, 1.165) is 56.4 Å². The Hall–Kier alpha value is -2.33. The molecule has 0 spiro atoms. The number of carbonyl (C=O) groups excluding carboxylic acids is 1. The molecule has 2 aromatic rings. The predicted molar refractivity (Wildman–Crippen MR) is 123 cm³/mol. The average molecular weight is 422 g/mol. The van der Waals surface area contributed by atoms with E-state index in [-0.39, 0.29) is 11.4 Å². The van der Waals surface area contributed by atoms with E-state index in [9.17, 15) is 4.79 Å². The smallest absolute Gasteiger partial charge is 0.303 e. The minimum atomic E-state index is -0.405. The molecular formula is C27H35NO3. The van der Waals surface area contributed by atoms with Crippen LogP contribution in [0, 0.1) is 0 Å². The molecule has 2 aliphatic rings.